The molecule has 13 heteroatoms. The summed E-state index contributed by atoms with van der Waals surface area (Å²) >= 11 is 1.27. The topological polar surface area (TPSA) is 120 Å². The molecule has 1 aliphatic heterocycles. The molecule has 0 saturated heterocycles. The van der Waals surface area contributed by atoms with Crippen molar-refractivity contribution in [2.75, 3.05) is 25.2 Å². The van der Waals surface area contributed by atoms with E-state index in [0.717, 1.165) is 5.56 Å². The number of aryl methyl sites for hydroxylation is 2. The van der Waals surface area contributed by atoms with E-state index in [1.165, 1.54) is 41.7 Å². The zero-order valence-corrected chi connectivity index (χ0v) is 22.9. The quantitative estimate of drug-likeness (QED) is 0.251. The maximum Gasteiger partial charge on any atom is 0.411 e. The Bertz CT molecular complexity index is 1810. The second-order valence-electron chi connectivity index (χ2n) is 9.47. The standard InChI is InChI=1S/C28H23F2N5O5S/c1-13-6-20-24(39-12-17(40-20)11-35(28(36)37)16-4-5-31-14(2)7-16)25-22(13)34-27(41-25)18-8-15(26(29)30)9-19-23(18)32-10-21(33-19)38-3/h4-10,17,26H,11-12H2,1-3H3,(H,36,37)/t17-/m1/s1. The van der Waals surface area contributed by atoms with Crippen LogP contribution in [0.25, 0.3) is 31.8 Å². The van der Waals surface area contributed by atoms with E-state index in [0.29, 0.717) is 49.2 Å². The Balaban J connectivity index is 1.37. The van der Waals surface area contributed by atoms with Crippen molar-refractivity contribution >= 4 is 44.4 Å². The third kappa shape index (κ3) is 4.92. The van der Waals surface area contributed by atoms with Crippen molar-refractivity contribution in [3.63, 3.8) is 0 Å². The third-order valence-corrected chi connectivity index (χ3v) is 7.72. The fraction of sp³-hybridized carbons (Fsp3) is 0.250. The van der Waals surface area contributed by atoms with Gasteiger partial charge in [0.2, 0.25) is 5.88 Å². The molecule has 0 saturated carbocycles. The molecule has 0 aliphatic carbocycles. The first-order chi connectivity index (χ1) is 19.7. The number of anilines is 1. The van der Waals surface area contributed by atoms with Crippen LogP contribution in [0.15, 0.2) is 42.7 Å². The minimum Gasteiger partial charge on any atom is -0.484 e. The van der Waals surface area contributed by atoms with Gasteiger partial charge in [0.05, 0.1) is 42.1 Å². The number of fused-ring (bicyclic) bond motifs is 4. The lowest BCUT2D eigenvalue weighted by molar-refractivity contribution is 0.0961. The number of nitrogens with zero attached hydrogens (tertiary/aromatic N) is 5. The second-order valence-corrected chi connectivity index (χ2v) is 10.5. The number of methoxy groups -OCH3 is 1. The molecule has 0 bridgehead atoms. The Morgan fingerprint density at radius 3 is 2.76 bits per heavy atom. The lowest BCUT2D eigenvalue weighted by atomic mass is 10.1. The number of hydrogen-bond acceptors (Lipinski definition) is 9. The molecule has 0 spiro atoms. The molecule has 1 atom stereocenters. The molecule has 5 aromatic rings. The number of hydrogen-bond donors (Lipinski definition) is 1. The van der Waals surface area contributed by atoms with Gasteiger partial charge in [-0.05, 0) is 49.7 Å². The Kier molecular flexibility index (Phi) is 6.73. The number of thiazole rings is 1. The van der Waals surface area contributed by atoms with Gasteiger partial charge in [-0.3, -0.25) is 9.88 Å². The van der Waals surface area contributed by atoms with Crippen molar-refractivity contribution in [2.24, 2.45) is 0 Å². The average molecular weight is 580 g/mol. The molecule has 1 amide bonds. The predicted octanol–water partition coefficient (Wildman–Crippen LogP) is 6.19. The van der Waals surface area contributed by atoms with Crippen molar-refractivity contribution in [1.29, 1.82) is 0 Å². The van der Waals surface area contributed by atoms with E-state index in [2.05, 4.69) is 15.0 Å². The fourth-order valence-electron chi connectivity index (χ4n) is 4.72. The lowest BCUT2D eigenvalue weighted by Crippen LogP contribution is -2.43. The highest BCUT2D eigenvalue weighted by Crippen LogP contribution is 2.46. The highest BCUT2D eigenvalue weighted by atomic mass is 32.1. The van der Waals surface area contributed by atoms with Crippen LogP contribution >= 0.6 is 11.3 Å². The van der Waals surface area contributed by atoms with Crippen molar-refractivity contribution in [3.05, 3.63) is 59.5 Å². The molecular formula is C28H23F2N5O5S. The van der Waals surface area contributed by atoms with Crippen LogP contribution in [0.5, 0.6) is 17.4 Å². The van der Waals surface area contributed by atoms with Crippen molar-refractivity contribution in [3.8, 4) is 28.0 Å². The van der Waals surface area contributed by atoms with Crippen molar-refractivity contribution in [1.82, 2.24) is 19.9 Å². The summed E-state index contributed by atoms with van der Waals surface area (Å²) in [6.45, 7) is 3.78. The summed E-state index contributed by atoms with van der Waals surface area (Å²) in [6.07, 6.45) is -1.43. The molecule has 210 valence electrons. The van der Waals surface area contributed by atoms with Gasteiger partial charge in [0.1, 0.15) is 16.3 Å². The largest absolute Gasteiger partial charge is 0.484 e. The van der Waals surface area contributed by atoms with Gasteiger partial charge in [0, 0.05) is 23.0 Å². The molecule has 41 heavy (non-hydrogen) atoms. The van der Waals surface area contributed by atoms with Gasteiger partial charge in [-0.25, -0.2) is 28.5 Å². The zero-order valence-electron chi connectivity index (χ0n) is 22.1. The summed E-state index contributed by atoms with van der Waals surface area (Å²) < 4.78 is 45.7. The highest BCUT2D eigenvalue weighted by Gasteiger charge is 2.30. The molecule has 1 N–H and O–H groups in total. The zero-order chi connectivity index (χ0) is 28.8. The first-order valence-electron chi connectivity index (χ1n) is 12.5. The number of carbonyl (C=O) groups is 1. The maximum absolute atomic E-state index is 13.8. The minimum absolute atomic E-state index is 0.0395. The summed E-state index contributed by atoms with van der Waals surface area (Å²) in [6, 6.07) is 7.77. The number of rotatable bonds is 6. The maximum atomic E-state index is 13.8. The SMILES string of the molecule is COc1cnc2c(-c3nc4c(C)cc5c(c4s3)OC[C@@H](CN(C(=O)O)c3ccnc(C)c3)O5)cc(C(F)F)cc2n1. The normalized spacial score (nSPS) is 14.5. The molecule has 10 nitrogen and oxygen atoms in total. The number of pyridine rings is 1. The van der Waals surface area contributed by atoms with E-state index >= 15 is 0 Å². The van der Waals surface area contributed by atoms with Crippen molar-refractivity contribution in [2.45, 2.75) is 26.4 Å². The molecule has 2 aromatic carbocycles. The highest BCUT2D eigenvalue weighted by molar-refractivity contribution is 7.22. The molecule has 6 rings (SSSR count). The van der Waals surface area contributed by atoms with Crippen LogP contribution < -0.4 is 19.1 Å². The van der Waals surface area contributed by atoms with Crippen LogP contribution in [0, 0.1) is 13.8 Å². The monoisotopic (exact) mass is 579 g/mol. The van der Waals surface area contributed by atoms with Crippen molar-refractivity contribution < 1.29 is 32.9 Å². The molecule has 1 aliphatic rings. The van der Waals surface area contributed by atoms with E-state index in [9.17, 15) is 18.7 Å². The Labute approximate surface area is 236 Å². The van der Waals surface area contributed by atoms with Gasteiger partial charge in [0.15, 0.2) is 17.6 Å². The number of ether oxygens (including phenoxy) is 3. The number of benzene rings is 2. The van der Waals surface area contributed by atoms with E-state index in [1.54, 1.807) is 31.3 Å². The molecule has 0 radical (unpaired) electrons. The van der Waals surface area contributed by atoms with Gasteiger partial charge < -0.3 is 19.3 Å². The van der Waals surface area contributed by atoms with Crippen LogP contribution in [-0.2, 0) is 0 Å². The van der Waals surface area contributed by atoms with E-state index < -0.39 is 18.6 Å². The van der Waals surface area contributed by atoms with Gasteiger partial charge in [-0.2, -0.15) is 0 Å². The van der Waals surface area contributed by atoms with E-state index in [4.69, 9.17) is 19.2 Å². The summed E-state index contributed by atoms with van der Waals surface area (Å²) in [7, 11) is 1.43. The van der Waals surface area contributed by atoms with Crippen LogP contribution in [0.2, 0.25) is 0 Å². The lowest BCUT2D eigenvalue weighted by Gasteiger charge is -2.30. The Morgan fingerprint density at radius 1 is 1.20 bits per heavy atom. The average Bonchev–Trinajstić information content (AvgIpc) is 3.41. The number of aromatic nitrogens is 4. The Morgan fingerprint density at radius 2 is 2.02 bits per heavy atom. The molecule has 4 heterocycles. The minimum atomic E-state index is -2.72. The summed E-state index contributed by atoms with van der Waals surface area (Å²) in [5.74, 6) is 1.13. The molecule has 0 unspecified atom stereocenters. The Hall–Kier alpha value is -4.65. The third-order valence-electron chi connectivity index (χ3n) is 6.63. The van der Waals surface area contributed by atoms with Crippen LogP contribution in [0.1, 0.15) is 23.2 Å². The molecule has 0 fully saturated rings. The van der Waals surface area contributed by atoms with Gasteiger partial charge in [-0.1, -0.05) is 0 Å². The van der Waals surface area contributed by atoms with E-state index in [1.807, 2.05) is 6.92 Å². The van der Waals surface area contributed by atoms with Gasteiger partial charge in [0.25, 0.3) is 6.43 Å². The second kappa shape index (κ2) is 10.4. The van der Waals surface area contributed by atoms with Crippen LogP contribution in [0.3, 0.4) is 0 Å². The summed E-state index contributed by atoms with van der Waals surface area (Å²) in [4.78, 5) is 30.8. The molecule has 3 aromatic heterocycles. The van der Waals surface area contributed by atoms with Gasteiger partial charge in [-0.15, -0.1) is 11.3 Å². The molecular weight excluding hydrogens is 556 g/mol. The number of carboxylic acid groups (broad SMARTS) is 1. The van der Waals surface area contributed by atoms with E-state index in [-0.39, 0.29) is 30.1 Å². The number of alkyl halides is 2. The summed E-state index contributed by atoms with van der Waals surface area (Å²) in [5, 5.41) is 10.3. The van der Waals surface area contributed by atoms with Gasteiger partial charge >= 0.3 is 6.09 Å². The predicted molar refractivity (Wildman–Crippen MR) is 149 cm³/mol. The first-order valence-corrected chi connectivity index (χ1v) is 13.3. The smallest absolute Gasteiger partial charge is 0.411 e. The van der Waals surface area contributed by atoms with Crippen LogP contribution in [-0.4, -0.2) is 57.5 Å². The first kappa shape index (κ1) is 26.6. The summed E-state index contributed by atoms with van der Waals surface area (Å²) in [5.41, 5.74) is 3.50. The fourth-order valence-corrected chi connectivity index (χ4v) is 5.87. The van der Waals surface area contributed by atoms with Crippen LogP contribution in [0.4, 0.5) is 19.3 Å². The number of amides is 1. The number of halogens is 2.